The second-order valence-electron chi connectivity index (χ2n) is 6.52. The summed E-state index contributed by atoms with van der Waals surface area (Å²) in [5.41, 5.74) is 1.62. The van der Waals surface area contributed by atoms with E-state index >= 15 is 0 Å². The molecule has 1 atom stereocenters. The van der Waals surface area contributed by atoms with Gasteiger partial charge in [0.2, 0.25) is 5.91 Å². The van der Waals surface area contributed by atoms with Crippen molar-refractivity contribution in [2.75, 3.05) is 18.4 Å². The number of anilines is 1. The Balaban J connectivity index is 1.70. The average Bonchev–Trinajstić information content (AvgIpc) is 2.64. The largest absolute Gasteiger partial charge is 0.338 e. The third-order valence-corrected chi connectivity index (χ3v) is 4.88. The summed E-state index contributed by atoms with van der Waals surface area (Å²) in [4.78, 5) is 26.8. The minimum Gasteiger partial charge on any atom is -0.338 e. The molecule has 1 heterocycles. The molecular weight excluding hydrogens is 355 g/mol. The topological polar surface area (TPSA) is 49.4 Å². The maximum atomic E-state index is 13.9. The van der Waals surface area contributed by atoms with E-state index in [9.17, 15) is 14.0 Å². The summed E-state index contributed by atoms with van der Waals surface area (Å²) in [6, 6.07) is 11.2. The molecule has 2 aromatic rings. The molecule has 0 radical (unpaired) electrons. The minimum atomic E-state index is -0.543. The van der Waals surface area contributed by atoms with Gasteiger partial charge in [-0.15, -0.1) is 0 Å². The zero-order valence-electron chi connectivity index (χ0n) is 14.5. The van der Waals surface area contributed by atoms with Crippen molar-refractivity contribution in [3.8, 4) is 0 Å². The molecule has 0 aromatic heterocycles. The molecule has 0 unspecified atom stereocenters. The first-order valence-corrected chi connectivity index (χ1v) is 8.94. The van der Waals surface area contributed by atoms with Gasteiger partial charge in [0.1, 0.15) is 5.82 Å². The van der Waals surface area contributed by atoms with Crippen LogP contribution in [0.5, 0.6) is 0 Å². The van der Waals surface area contributed by atoms with E-state index in [0.29, 0.717) is 30.1 Å². The van der Waals surface area contributed by atoms with E-state index in [4.69, 9.17) is 11.6 Å². The number of amides is 2. The van der Waals surface area contributed by atoms with Gasteiger partial charge < -0.3 is 10.2 Å². The first kappa shape index (κ1) is 18.4. The first-order chi connectivity index (χ1) is 12.5. The van der Waals surface area contributed by atoms with Crippen molar-refractivity contribution in [1.29, 1.82) is 0 Å². The van der Waals surface area contributed by atoms with Crippen LogP contribution in [0, 0.1) is 18.7 Å². The zero-order valence-corrected chi connectivity index (χ0v) is 15.2. The number of likely N-dealkylation sites (tertiary alicyclic amines) is 1. The van der Waals surface area contributed by atoms with Crippen molar-refractivity contribution in [2.24, 2.45) is 5.92 Å². The van der Waals surface area contributed by atoms with Gasteiger partial charge in [-0.25, -0.2) is 4.39 Å². The van der Waals surface area contributed by atoms with Crippen LogP contribution >= 0.6 is 11.6 Å². The predicted molar refractivity (Wildman–Crippen MR) is 99.8 cm³/mol. The van der Waals surface area contributed by atoms with E-state index in [2.05, 4.69) is 5.32 Å². The molecule has 1 saturated heterocycles. The Kier molecular flexibility index (Phi) is 5.57. The third kappa shape index (κ3) is 4.05. The average molecular weight is 375 g/mol. The molecule has 6 heteroatoms. The van der Waals surface area contributed by atoms with Crippen LogP contribution in [-0.4, -0.2) is 29.8 Å². The van der Waals surface area contributed by atoms with Gasteiger partial charge in [-0.2, -0.15) is 0 Å². The summed E-state index contributed by atoms with van der Waals surface area (Å²) >= 11 is 5.99. The van der Waals surface area contributed by atoms with Crippen LogP contribution < -0.4 is 5.32 Å². The number of carbonyl (C=O) groups excluding carboxylic acids is 2. The highest BCUT2D eigenvalue weighted by atomic mass is 35.5. The summed E-state index contributed by atoms with van der Waals surface area (Å²) in [5.74, 6) is -1.41. The fourth-order valence-corrected chi connectivity index (χ4v) is 3.32. The molecule has 1 aliphatic rings. The van der Waals surface area contributed by atoms with Crippen LogP contribution in [0.1, 0.15) is 28.8 Å². The molecule has 0 bridgehead atoms. The van der Waals surface area contributed by atoms with E-state index in [1.165, 1.54) is 12.1 Å². The van der Waals surface area contributed by atoms with Crippen molar-refractivity contribution in [3.63, 3.8) is 0 Å². The highest BCUT2D eigenvalue weighted by molar-refractivity contribution is 6.31. The molecule has 1 fully saturated rings. The second kappa shape index (κ2) is 7.87. The van der Waals surface area contributed by atoms with E-state index in [-0.39, 0.29) is 29.8 Å². The molecule has 4 nitrogen and oxygen atoms in total. The monoisotopic (exact) mass is 374 g/mol. The fourth-order valence-electron chi connectivity index (χ4n) is 3.14. The lowest BCUT2D eigenvalue weighted by atomic mass is 9.96. The summed E-state index contributed by atoms with van der Waals surface area (Å²) < 4.78 is 13.9. The lowest BCUT2D eigenvalue weighted by Crippen LogP contribution is -2.44. The van der Waals surface area contributed by atoms with Crippen molar-refractivity contribution >= 4 is 29.1 Å². The van der Waals surface area contributed by atoms with Crippen LogP contribution in [0.2, 0.25) is 5.02 Å². The lowest BCUT2D eigenvalue weighted by molar-refractivity contribution is -0.121. The molecular formula is C20H20ClFN2O2. The molecule has 3 rings (SSSR count). The Morgan fingerprint density at radius 2 is 2.00 bits per heavy atom. The summed E-state index contributed by atoms with van der Waals surface area (Å²) in [6.45, 7) is 2.69. The van der Waals surface area contributed by atoms with Crippen LogP contribution in [0.3, 0.4) is 0 Å². The lowest BCUT2D eigenvalue weighted by Gasteiger charge is -2.32. The van der Waals surface area contributed by atoms with Gasteiger partial charge in [0.05, 0.1) is 11.5 Å². The molecule has 1 aliphatic heterocycles. The number of rotatable bonds is 3. The second-order valence-corrected chi connectivity index (χ2v) is 6.96. The Morgan fingerprint density at radius 1 is 1.23 bits per heavy atom. The highest BCUT2D eigenvalue weighted by Gasteiger charge is 2.30. The van der Waals surface area contributed by atoms with Crippen LogP contribution in [0.25, 0.3) is 0 Å². The highest BCUT2D eigenvalue weighted by Crippen LogP contribution is 2.24. The Bertz CT molecular complexity index is 840. The van der Waals surface area contributed by atoms with Crippen LogP contribution in [0.15, 0.2) is 42.5 Å². The van der Waals surface area contributed by atoms with E-state index in [0.717, 1.165) is 5.56 Å². The van der Waals surface area contributed by atoms with Gasteiger partial charge in [0.25, 0.3) is 5.91 Å². The van der Waals surface area contributed by atoms with Crippen LogP contribution in [-0.2, 0) is 4.79 Å². The van der Waals surface area contributed by atoms with Gasteiger partial charge in [-0.1, -0.05) is 29.8 Å². The molecule has 0 spiro atoms. The number of benzene rings is 2. The molecule has 26 heavy (non-hydrogen) atoms. The van der Waals surface area contributed by atoms with Gasteiger partial charge in [0.15, 0.2) is 0 Å². The van der Waals surface area contributed by atoms with Crippen molar-refractivity contribution in [3.05, 3.63) is 64.4 Å². The predicted octanol–water partition coefficient (Wildman–Crippen LogP) is 4.28. The summed E-state index contributed by atoms with van der Waals surface area (Å²) in [6.07, 6.45) is 1.39. The molecule has 2 aromatic carbocycles. The van der Waals surface area contributed by atoms with Crippen molar-refractivity contribution in [2.45, 2.75) is 19.8 Å². The minimum absolute atomic E-state index is 0.0410. The summed E-state index contributed by atoms with van der Waals surface area (Å²) in [7, 11) is 0. The molecule has 0 aliphatic carbocycles. The van der Waals surface area contributed by atoms with E-state index in [1.54, 1.807) is 29.2 Å². The van der Waals surface area contributed by atoms with Crippen LogP contribution in [0.4, 0.5) is 10.1 Å². The SMILES string of the molecule is Cc1ccc(Cl)cc1NC(=O)[C@H]1CCCN(C(=O)c2ccccc2F)C1. The maximum Gasteiger partial charge on any atom is 0.256 e. The number of piperidine rings is 1. The molecule has 136 valence electrons. The Hall–Kier alpha value is -2.40. The number of hydrogen-bond donors (Lipinski definition) is 1. The quantitative estimate of drug-likeness (QED) is 0.871. The normalized spacial score (nSPS) is 17.0. The number of aryl methyl sites for hydroxylation is 1. The third-order valence-electron chi connectivity index (χ3n) is 4.64. The number of carbonyl (C=O) groups is 2. The molecule has 2 amide bonds. The number of nitrogens with one attached hydrogen (secondary N) is 1. The Morgan fingerprint density at radius 3 is 2.77 bits per heavy atom. The number of hydrogen-bond acceptors (Lipinski definition) is 2. The van der Waals surface area contributed by atoms with Gasteiger partial charge in [-0.3, -0.25) is 9.59 Å². The molecule has 0 saturated carbocycles. The van der Waals surface area contributed by atoms with Gasteiger partial charge >= 0.3 is 0 Å². The Labute approximate surface area is 157 Å². The summed E-state index contributed by atoms with van der Waals surface area (Å²) in [5, 5.41) is 3.44. The smallest absolute Gasteiger partial charge is 0.256 e. The maximum absolute atomic E-state index is 13.9. The fraction of sp³-hybridized carbons (Fsp3) is 0.300. The first-order valence-electron chi connectivity index (χ1n) is 8.56. The van der Waals surface area contributed by atoms with E-state index < -0.39 is 5.82 Å². The standard InChI is InChI=1S/C20H20ClFN2O2/c1-13-8-9-15(21)11-18(13)23-19(25)14-5-4-10-24(12-14)20(26)16-6-2-3-7-17(16)22/h2-3,6-9,11,14H,4-5,10,12H2,1H3,(H,23,25)/t14-/m0/s1. The number of nitrogens with zero attached hydrogens (tertiary/aromatic N) is 1. The van der Waals surface area contributed by atoms with Gasteiger partial charge in [0, 0.05) is 23.8 Å². The molecule has 1 N–H and O–H groups in total. The zero-order chi connectivity index (χ0) is 18.7. The van der Waals surface area contributed by atoms with Gasteiger partial charge in [-0.05, 0) is 49.6 Å². The van der Waals surface area contributed by atoms with Crippen molar-refractivity contribution < 1.29 is 14.0 Å². The number of halogens is 2. The van der Waals surface area contributed by atoms with E-state index in [1.807, 2.05) is 13.0 Å². The van der Waals surface area contributed by atoms with Crippen molar-refractivity contribution in [1.82, 2.24) is 4.90 Å².